The van der Waals surface area contributed by atoms with Gasteiger partial charge in [0, 0.05) is 39.7 Å². The van der Waals surface area contributed by atoms with E-state index in [-0.39, 0.29) is 33.9 Å². The molecule has 0 aliphatic carbocycles. The number of nitrogens with one attached hydrogen (secondary N) is 3. The van der Waals surface area contributed by atoms with Crippen LogP contribution in [0.15, 0.2) is 66.7 Å². The fourth-order valence-electron chi connectivity index (χ4n) is 4.86. The van der Waals surface area contributed by atoms with Crippen LogP contribution in [0.4, 0.5) is 23.4 Å². The molecule has 0 aliphatic rings. The Hall–Kier alpha value is -5.17. The van der Waals surface area contributed by atoms with Crippen molar-refractivity contribution in [3.05, 3.63) is 88.7 Å². The molecule has 13 heteroatoms. The average Bonchev–Trinajstić information content (AvgIpc) is 3.36. The van der Waals surface area contributed by atoms with Gasteiger partial charge in [0.1, 0.15) is 21.7 Å². The Morgan fingerprint density at radius 3 is 2.52 bits per heavy atom. The van der Waals surface area contributed by atoms with Crippen molar-refractivity contribution >= 4 is 62.4 Å². The number of pyridine rings is 1. The monoisotopic (exact) mass is 619 g/mol. The number of benzene rings is 3. The molecule has 8 nitrogen and oxygen atoms in total. The Bertz CT molecular complexity index is 2170. The Morgan fingerprint density at radius 2 is 1.75 bits per heavy atom. The maximum atomic E-state index is 15.2. The second kappa shape index (κ2) is 11.2. The predicted molar refractivity (Wildman–Crippen MR) is 160 cm³/mol. The van der Waals surface area contributed by atoms with Gasteiger partial charge in [0.05, 0.1) is 5.52 Å². The molecule has 6 aromatic rings. The van der Waals surface area contributed by atoms with E-state index in [4.69, 9.17) is 12.2 Å². The summed E-state index contributed by atoms with van der Waals surface area (Å²) in [6.45, 7) is 0.0318. The zero-order chi connectivity index (χ0) is 31.2. The summed E-state index contributed by atoms with van der Waals surface area (Å²) in [4.78, 5) is 39.9. The second-order valence-electron chi connectivity index (χ2n) is 9.88. The summed E-state index contributed by atoms with van der Waals surface area (Å²) in [6, 6.07) is 18.3. The van der Waals surface area contributed by atoms with E-state index in [0.29, 0.717) is 38.8 Å². The third-order valence-corrected chi connectivity index (χ3v) is 7.09. The molecule has 3 heterocycles. The van der Waals surface area contributed by atoms with Crippen molar-refractivity contribution in [2.45, 2.75) is 19.5 Å². The molecule has 3 aromatic carbocycles. The molecule has 222 valence electrons. The number of hydrogen-bond donors (Lipinski definition) is 3. The first-order valence-corrected chi connectivity index (χ1v) is 13.7. The quantitative estimate of drug-likeness (QED) is 0.0725. The van der Waals surface area contributed by atoms with Crippen LogP contribution in [0, 0.1) is 10.5 Å². The number of carbonyl (C=O) groups is 2. The lowest BCUT2D eigenvalue weighted by atomic mass is 10.0. The van der Waals surface area contributed by atoms with E-state index >= 15 is 4.39 Å². The van der Waals surface area contributed by atoms with Gasteiger partial charge in [-0.2, -0.15) is 13.2 Å². The maximum Gasteiger partial charge on any atom is 0.422 e. The smallest absolute Gasteiger partial charge is 0.422 e. The van der Waals surface area contributed by atoms with Crippen molar-refractivity contribution in [3.8, 4) is 16.9 Å². The van der Waals surface area contributed by atoms with Crippen molar-refractivity contribution < 1.29 is 31.9 Å². The number of aromatic nitrogens is 4. The summed E-state index contributed by atoms with van der Waals surface area (Å²) in [5.41, 5.74) is 2.20. The number of H-pyrrole nitrogens is 2. The first kappa shape index (κ1) is 28.9. The zero-order valence-electron chi connectivity index (χ0n) is 22.8. The van der Waals surface area contributed by atoms with Gasteiger partial charge in [-0.05, 0) is 35.9 Å². The minimum absolute atomic E-state index is 0.0194. The van der Waals surface area contributed by atoms with Crippen LogP contribution in [0.1, 0.15) is 34.5 Å². The highest BCUT2D eigenvalue weighted by Crippen LogP contribution is 2.38. The van der Waals surface area contributed by atoms with Gasteiger partial charge in [0.2, 0.25) is 0 Å². The normalized spacial score (nSPS) is 11.8. The summed E-state index contributed by atoms with van der Waals surface area (Å²) in [5.74, 6) is -2.12. The van der Waals surface area contributed by atoms with Gasteiger partial charge in [-0.25, -0.2) is 14.4 Å². The third kappa shape index (κ3) is 5.61. The van der Waals surface area contributed by atoms with Crippen LogP contribution in [0.3, 0.4) is 0 Å². The Kier molecular flexibility index (Phi) is 7.33. The van der Waals surface area contributed by atoms with Crippen LogP contribution >= 0.6 is 12.2 Å². The number of fused-ring (bicyclic) bond motifs is 3. The molecule has 0 aliphatic heterocycles. The number of ether oxygens (including phenoxy) is 1. The summed E-state index contributed by atoms with van der Waals surface area (Å²) < 4.78 is 57.9. The lowest BCUT2D eigenvalue weighted by Crippen LogP contribution is -2.19. The minimum atomic E-state index is -4.63. The summed E-state index contributed by atoms with van der Waals surface area (Å²) in [5, 5.41) is 4.66. The minimum Gasteiger partial charge on any atom is -0.481 e. The Morgan fingerprint density at radius 1 is 0.977 bits per heavy atom. The van der Waals surface area contributed by atoms with Crippen LogP contribution in [-0.2, 0) is 0 Å². The standard InChI is InChI=1S/C31H21F4N5O3S/c1-2-22(41)28-38-21(13-24(44)39-28)30(42)40-29-25(18-5-3-4-6-19(18)37-29)16-8-7-15-11-17-9-10-23(43-14-31(33,34)35)26(32)27(17)36-20(15)12-16/h3-13,37H,2,14H2,1H3,(H,40,42)(H,38,39,44). The number of Topliss-reactive ketones (excluding diaryl/α,β-unsaturated/α-hetero) is 1. The van der Waals surface area contributed by atoms with Crippen molar-refractivity contribution in [1.29, 1.82) is 0 Å². The summed E-state index contributed by atoms with van der Waals surface area (Å²) >= 11 is 5.16. The van der Waals surface area contributed by atoms with Crippen LogP contribution in [0.2, 0.25) is 0 Å². The number of rotatable bonds is 7. The number of carbonyl (C=O) groups excluding carboxylic acids is 2. The molecule has 0 unspecified atom stereocenters. The van der Waals surface area contributed by atoms with E-state index in [1.807, 2.05) is 30.3 Å². The lowest BCUT2D eigenvalue weighted by molar-refractivity contribution is -0.153. The number of hydrogen-bond acceptors (Lipinski definition) is 6. The molecule has 0 spiro atoms. The third-order valence-electron chi connectivity index (χ3n) is 6.88. The zero-order valence-corrected chi connectivity index (χ0v) is 23.6. The number of para-hydroxylation sites is 1. The molecular formula is C31H21F4N5O3S. The highest BCUT2D eigenvalue weighted by atomic mass is 32.1. The molecule has 3 aromatic heterocycles. The van der Waals surface area contributed by atoms with Gasteiger partial charge in [0.15, 0.2) is 29.8 Å². The van der Waals surface area contributed by atoms with Gasteiger partial charge in [-0.15, -0.1) is 0 Å². The molecule has 0 saturated carbocycles. The molecule has 0 atom stereocenters. The molecule has 3 N–H and O–H groups in total. The van der Waals surface area contributed by atoms with Gasteiger partial charge in [-0.1, -0.05) is 49.5 Å². The van der Waals surface area contributed by atoms with Crippen molar-refractivity contribution in [2.24, 2.45) is 0 Å². The fourth-order valence-corrected chi connectivity index (χ4v) is 5.07. The topological polar surface area (TPSA) is 113 Å². The molecule has 0 saturated heterocycles. The summed E-state index contributed by atoms with van der Waals surface area (Å²) in [7, 11) is 0. The van der Waals surface area contributed by atoms with E-state index in [9.17, 15) is 22.8 Å². The van der Waals surface area contributed by atoms with E-state index in [2.05, 4.69) is 30.0 Å². The van der Waals surface area contributed by atoms with E-state index < -0.39 is 30.3 Å². The molecule has 6 rings (SSSR count). The average molecular weight is 620 g/mol. The number of aromatic amines is 2. The number of anilines is 1. The molecule has 0 radical (unpaired) electrons. The van der Waals surface area contributed by atoms with Gasteiger partial charge >= 0.3 is 6.18 Å². The SMILES string of the molecule is CCC(=O)c1nc(=S)cc(C(=O)Nc2[nH]c3ccccc3c2-c2ccc3cc4ccc(OCC(F)(F)F)c(F)c4nc3c2)[nH]1. The highest BCUT2D eigenvalue weighted by molar-refractivity contribution is 7.71. The molecule has 1 amide bonds. The van der Waals surface area contributed by atoms with E-state index in [1.165, 1.54) is 12.1 Å². The first-order valence-electron chi connectivity index (χ1n) is 13.3. The van der Waals surface area contributed by atoms with Crippen molar-refractivity contribution in [1.82, 2.24) is 19.9 Å². The van der Waals surface area contributed by atoms with Gasteiger partial charge in [-0.3, -0.25) is 9.59 Å². The predicted octanol–water partition coefficient (Wildman–Crippen LogP) is 7.91. The number of alkyl halides is 3. The lowest BCUT2D eigenvalue weighted by Gasteiger charge is -2.12. The number of nitrogens with zero attached hydrogens (tertiary/aromatic N) is 2. The fraction of sp³-hybridized carbons (Fsp3) is 0.129. The molecule has 0 fully saturated rings. The highest BCUT2D eigenvalue weighted by Gasteiger charge is 2.29. The van der Waals surface area contributed by atoms with E-state index in [0.717, 1.165) is 11.5 Å². The second-order valence-corrected chi connectivity index (χ2v) is 10.3. The van der Waals surface area contributed by atoms with Crippen LogP contribution in [-0.4, -0.2) is 44.4 Å². The van der Waals surface area contributed by atoms with Crippen LogP contribution < -0.4 is 10.1 Å². The number of ketones is 1. The van der Waals surface area contributed by atoms with Crippen molar-refractivity contribution in [3.63, 3.8) is 0 Å². The largest absolute Gasteiger partial charge is 0.481 e. The van der Waals surface area contributed by atoms with E-state index in [1.54, 1.807) is 25.1 Å². The molecular weight excluding hydrogens is 598 g/mol. The number of halogens is 4. The number of amides is 1. The first-order chi connectivity index (χ1) is 21.0. The molecule has 0 bridgehead atoms. The van der Waals surface area contributed by atoms with Crippen molar-refractivity contribution in [2.75, 3.05) is 11.9 Å². The Labute approximate surface area is 251 Å². The van der Waals surface area contributed by atoms with Crippen LogP contribution in [0.5, 0.6) is 5.75 Å². The summed E-state index contributed by atoms with van der Waals surface area (Å²) in [6.07, 6.45) is -4.45. The Balaban J connectivity index is 1.43. The van der Waals surface area contributed by atoms with Crippen LogP contribution in [0.25, 0.3) is 43.8 Å². The molecule has 44 heavy (non-hydrogen) atoms. The van der Waals surface area contributed by atoms with Gasteiger partial charge in [0.25, 0.3) is 5.91 Å². The maximum absolute atomic E-state index is 15.2. The van der Waals surface area contributed by atoms with Gasteiger partial charge < -0.3 is 20.0 Å².